The summed E-state index contributed by atoms with van der Waals surface area (Å²) in [6.45, 7) is 13.9. The topological polar surface area (TPSA) is 41.1 Å². The molecule has 1 aromatic carbocycles. The van der Waals surface area contributed by atoms with Gasteiger partial charge < -0.3 is 5.32 Å². The van der Waals surface area contributed by atoms with Crippen LogP contribution in [0.15, 0.2) is 36.8 Å². The smallest absolute Gasteiger partial charge is 0.115 e. The molecule has 1 aromatic heterocycles. The lowest BCUT2D eigenvalue weighted by molar-refractivity contribution is 0.209. The molecule has 0 aliphatic rings. The van der Waals surface area contributed by atoms with Crippen LogP contribution >= 0.6 is 0 Å². The van der Waals surface area contributed by atoms with Crippen molar-refractivity contribution in [3.8, 4) is 0 Å². The minimum absolute atomic E-state index is 0.231. The number of aromatic nitrogens is 2. The van der Waals surface area contributed by atoms with Gasteiger partial charge in [0.1, 0.15) is 6.33 Å². The van der Waals surface area contributed by atoms with Gasteiger partial charge >= 0.3 is 0 Å². The average Bonchev–Trinajstić information content (AvgIpc) is 2.65. The number of aryl methyl sites for hydroxylation is 2. The van der Waals surface area contributed by atoms with Crippen LogP contribution in [0.25, 0.3) is 0 Å². The molecule has 0 aliphatic carbocycles. The predicted octanol–water partition coefficient (Wildman–Crippen LogP) is 4.08. The molecule has 0 fully saturated rings. The molecule has 0 bridgehead atoms. The predicted molar refractivity (Wildman–Crippen MR) is 105 cm³/mol. The molecule has 0 aliphatic heterocycles. The second kappa shape index (κ2) is 9.64. The minimum Gasteiger partial charge on any atom is -0.308 e. The maximum Gasteiger partial charge on any atom is 0.115 e. The first-order valence-corrected chi connectivity index (χ1v) is 9.43. The van der Waals surface area contributed by atoms with Crippen LogP contribution in [0, 0.1) is 6.92 Å². The van der Waals surface area contributed by atoms with Crippen LogP contribution in [0.4, 0.5) is 0 Å². The van der Waals surface area contributed by atoms with E-state index < -0.39 is 0 Å². The Morgan fingerprint density at radius 3 is 2.32 bits per heavy atom. The molecule has 0 saturated carbocycles. The van der Waals surface area contributed by atoms with Crippen molar-refractivity contribution in [3.63, 3.8) is 0 Å². The number of likely N-dealkylation sites (N-methyl/N-ethyl adjacent to an activating group) is 1. The molecule has 1 N–H and O–H groups in total. The van der Waals surface area contributed by atoms with Crippen molar-refractivity contribution in [3.05, 3.63) is 59.2 Å². The third kappa shape index (κ3) is 5.10. The third-order valence-corrected chi connectivity index (χ3v) is 5.06. The van der Waals surface area contributed by atoms with Crippen LogP contribution in [0.1, 0.15) is 62.2 Å². The van der Waals surface area contributed by atoms with Gasteiger partial charge in [-0.3, -0.25) is 4.90 Å². The van der Waals surface area contributed by atoms with Gasteiger partial charge in [0.15, 0.2) is 0 Å². The summed E-state index contributed by atoms with van der Waals surface area (Å²) in [4.78, 5) is 11.0. The molecule has 2 atom stereocenters. The first-order valence-electron chi connectivity index (χ1n) is 9.43. The van der Waals surface area contributed by atoms with Gasteiger partial charge in [-0.15, -0.1) is 0 Å². The number of hydrogen-bond donors (Lipinski definition) is 1. The van der Waals surface area contributed by atoms with Gasteiger partial charge in [-0.1, -0.05) is 45.0 Å². The van der Waals surface area contributed by atoms with E-state index in [0.29, 0.717) is 6.04 Å². The van der Waals surface area contributed by atoms with E-state index in [1.165, 1.54) is 16.7 Å². The van der Waals surface area contributed by atoms with Gasteiger partial charge in [0.2, 0.25) is 0 Å². The van der Waals surface area contributed by atoms with Gasteiger partial charge in [0, 0.05) is 36.1 Å². The number of rotatable bonds is 9. The Bertz CT molecular complexity index is 635. The Kier molecular flexibility index (Phi) is 7.53. The Balaban J connectivity index is 2.14. The highest BCUT2D eigenvalue weighted by Crippen LogP contribution is 2.22. The van der Waals surface area contributed by atoms with Crippen LogP contribution in [-0.2, 0) is 6.42 Å². The molecule has 1 heterocycles. The van der Waals surface area contributed by atoms with Crippen molar-refractivity contribution in [1.82, 2.24) is 20.2 Å². The second-order valence-corrected chi connectivity index (χ2v) is 6.53. The van der Waals surface area contributed by atoms with Crippen LogP contribution in [0.5, 0.6) is 0 Å². The molecule has 2 unspecified atom stereocenters. The largest absolute Gasteiger partial charge is 0.308 e. The number of nitrogens with one attached hydrogen (secondary N) is 1. The average molecular weight is 341 g/mol. The van der Waals surface area contributed by atoms with E-state index in [1.54, 1.807) is 6.33 Å². The van der Waals surface area contributed by atoms with Gasteiger partial charge in [0.05, 0.1) is 0 Å². The maximum absolute atomic E-state index is 4.31. The number of hydrogen-bond acceptors (Lipinski definition) is 4. The van der Waals surface area contributed by atoms with E-state index in [1.807, 2.05) is 13.1 Å². The molecule has 0 amide bonds. The third-order valence-electron chi connectivity index (χ3n) is 5.06. The zero-order valence-electron chi connectivity index (χ0n) is 16.3. The Morgan fingerprint density at radius 2 is 1.76 bits per heavy atom. The van der Waals surface area contributed by atoms with Crippen LogP contribution in [0.3, 0.4) is 0 Å². The monoisotopic (exact) mass is 340 g/mol. The number of nitrogens with zero attached hydrogens (tertiary/aromatic N) is 3. The van der Waals surface area contributed by atoms with Gasteiger partial charge in [-0.2, -0.15) is 0 Å². The summed E-state index contributed by atoms with van der Waals surface area (Å²) in [6.07, 6.45) is 4.61. The fraction of sp³-hybridized carbons (Fsp3) is 0.524. The highest BCUT2D eigenvalue weighted by atomic mass is 15.2. The molecule has 136 valence electrons. The molecule has 0 saturated heterocycles. The second-order valence-electron chi connectivity index (χ2n) is 6.53. The van der Waals surface area contributed by atoms with E-state index >= 15 is 0 Å². The Morgan fingerprint density at radius 1 is 1.08 bits per heavy atom. The maximum atomic E-state index is 4.31. The fourth-order valence-corrected chi connectivity index (χ4v) is 3.32. The lowest BCUT2D eigenvalue weighted by Gasteiger charge is -2.31. The van der Waals surface area contributed by atoms with Gasteiger partial charge in [-0.05, 0) is 44.5 Å². The molecular weight excluding hydrogens is 308 g/mol. The first kappa shape index (κ1) is 19.5. The molecule has 25 heavy (non-hydrogen) atoms. The zero-order valence-corrected chi connectivity index (χ0v) is 16.3. The normalized spacial score (nSPS) is 13.8. The highest BCUT2D eigenvalue weighted by Gasteiger charge is 2.19. The molecule has 4 heteroatoms. The summed E-state index contributed by atoms with van der Waals surface area (Å²) in [5, 5.41) is 3.69. The van der Waals surface area contributed by atoms with E-state index in [0.717, 1.165) is 31.7 Å². The van der Waals surface area contributed by atoms with Crippen molar-refractivity contribution in [1.29, 1.82) is 0 Å². The molecule has 0 spiro atoms. The molecule has 2 rings (SSSR count). The van der Waals surface area contributed by atoms with Gasteiger partial charge in [-0.25, -0.2) is 9.97 Å². The summed E-state index contributed by atoms with van der Waals surface area (Å²) in [7, 11) is 0. The Labute approximate surface area is 152 Å². The quantitative estimate of drug-likeness (QED) is 0.747. The summed E-state index contributed by atoms with van der Waals surface area (Å²) in [5.74, 6) is 0. The summed E-state index contributed by atoms with van der Waals surface area (Å²) < 4.78 is 0. The van der Waals surface area contributed by atoms with Gasteiger partial charge in [0.25, 0.3) is 0 Å². The lowest BCUT2D eigenvalue weighted by Crippen LogP contribution is -2.36. The zero-order chi connectivity index (χ0) is 18.2. The molecule has 2 aromatic rings. The van der Waals surface area contributed by atoms with Crippen molar-refractivity contribution < 1.29 is 0 Å². The van der Waals surface area contributed by atoms with Crippen molar-refractivity contribution in [2.75, 3.05) is 19.6 Å². The fourth-order valence-electron chi connectivity index (χ4n) is 3.32. The summed E-state index contributed by atoms with van der Waals surface area (Å²) >= 11 is 0. The standard InChI is InChI=1S/C21H32N4/c1-6-18-9-11-19(12-10-18)21(25(7-2)8-3)14-23-16(4)20-13-22-15-24-17(20)5/h9-13,15-16,21,23H,6-8,14H2,1-5H3. The summed E-state index contributed by atoms with van der Waals surface area (Å²) in [5.41, 5.74) is 4.98. The SMILES string of the molecule is CCc1ccc(C(CNC(C)c2cncnc2C)N(CC)CC)cc1. The lowest BCUT2D eigenvalue weighted by atomic mass is 10.0. The van der Waals surface area contributed by atoms with Crippen LogP contribution in [-0.4, -0.2) is 34.5 Å². The number of benzene rings is 1. The Hall–Kier alpha value is -1.78. The van der Waals surface area contributed by atoms with Crippen molar-refractivity contribution in [2.45, 2.75) is 53.1 Å². The van der Waals surface area contributed by atoms with Crippen LogP contribution < -0.4 is 5.32 Å². The minimum atomic E-state index is 0.231. The highest BCUT2D eigenvalue weighted by molar-refractivity contribution is 5.26. The van der Waals surface area contributed by atoms with E-state index in [2.05, 4.69) is 72.1 Å². The molecule has 0 radical (unpaired) electrons. The van der Waals surface area contributed by atoms with Crippen molar-refractivity contribution >= 4 is 0 Å². The molecule has 4 nitrogen and oxygen atoms in total. The summed E-state index contributed by atoms with van der Waals surface area (Å²) in [6, 6.07) is 9.67. The van der Waals surface area contributed by atoms with E-state index in [4.69, 9.17) is 0 Å². The van der Waals surface area contributed by atoms with E-state index in [9.17, 15) is 0 Å². The van der Waals surface area contributed by atoms with Crippen molar-refractivity contribution in [2.24, 2.45) is 0 Å². The first-order chi connectivity index (χ1) is 12.1. The molecular formula is C21H32N4. The van der Waals surface area contributed by atoms with E-state index in [-0.39, 0.29) is 6.04 Å². The van der Waals surface area contributed by atoms with Crippen LogP contribution in [0.2, 0.25) is 0 Å².